The van der Waals surface area contributed by atoms with Crippen LogP contribution < -0.4 is 5.32 Å². The van der Waals surface area contributed by atoms with Gasteiger partial charge in [0.1, 0.15) is 6.42 Å². The van der Waals surface area contributed by atoms with E-state index in [0.717, 1.165) is 0 Å². The van der Waals surface area contributed by atoms with E-state index in [1.165, 1.54) is 0 Å². The van der Waals surface area contributed by atoms with E-state index in [2.05, 4.69) is 4.74 Å². The lowest BCUT2D eigenvalue weighted by molar-refractivity contribution is -0.191. The number of alkyl halides is 1. The summed E-state index contributed by atoms with van der Waals surface area (Å²) >= 11 is 0. The monoisotopic (exact) mass is 190 g/mol. The SMILES string of the molecule is O=C1CC2(F)OC[C@H](O)N2C(=O)N1. The third-order valence-corrected chi connectivity index (χ3v) is 1.96. The first-order chi connectivity index (χ1) is 6.03. The molecule has 13 heavy (non-hydrogen) atoms. The topological polar surface area (TPSA) is 78.9 Å². The normalized spacial score (nSPS) is 38.9. The van der Waals surface area contributed by atoms with Gasteiger partial charge in [0.25, 0.3) is 0 Å². The highest BCUT2D eigenvalue weighted by molar-refractivity contribution is 5.97. The second kappa shape index (κ2) is 2.39. The summed E-state index contributed by atoms with van der Waals surface area (Å²) < 4.78 is 18.1. The van der Waals surface area contributed by atoms with E-state index in [4.69, 9.17) is 5.11 Å². The molecule has 0 bridgehead atoms. The van der Waals surface area contributed by atoms with Crippen molar-refractivity contribution in [1.82, 2.24) is 10.2 Å². The first-order valence-electron chi connectivity index (χ1n) is 3.67. The number of aliphatic hydroxyl groups excluding tert-OH is 1. The number of urea groups is 1. The summed E-state index contributed by atoms with van der Waals surface area (Å²) in [6, 6.07) is -0.969. The number of halogens is 1. The predicted octanol–water partition coefficient (Wildman–Crippen LogP) is -1.10. The number of hydrogen-bond donors (Lipinski definition) is 2. The lowest BCUT2D eigenvalue weighted by Crippen LogP contribution is -2.60. The van der Waals surface area contributed by atoms with Crippen molar-refractivity contribution >= 4 is 11.9 Å². The number of fused-ring (bicyclic) bond motifs is 1. The molecular formula is C6H7FN2O4. The Labute approximate surface area is 72.3 Å². The molecule has 72 valence electrons. The van der Waals surface area contributed by atoms with Crippen LogP contribution in [-0.2, 0) is 9.53 Å². The second-order valence-electron chi connectivity index (χ2n) is 2.88. The zero-order chi connectivity index (χ0) is 9.64. The van der Waals surface area contributed by atoms with Gasteiger partial charge in [-0.05, 0) is 0 Å². The van der Waals surface area contributed by atoms with Gasteiger partial charge in [-0.3, -0.25) is 10.1 Å². The van der Waals surface area contributed by atoms with Crippen molar-refractivity contribution in [2.24, 2.45) is 0 Å². The number of carbonyl (C=O) groups is 2. The van der Waals surface area contributed by atoms with E-state index in [1.54, 1.807) is 0 Å². The molecule has 7 heteroatoms. The molecule has 2 aliphatic heterocycles. The lowest BCUT2D eigenvalue weighted by atomic mass is 10.2. The van der Waals surface area contributed by atoms with E-state index >= 15 is 0 Å². The molecule has 2 saturated heterocycles. The Kier molecular flexibility index (Phi) is 1.54. The van der Waals surface area contributed by atoms with Crippen LogP contribution in [0.25, 0.3) is 0 Å². The smallest absolute Gasteiger partial charge is 0.330 e. The zero-order valence-corrected chi connectivity index (χ0v) is 6.49. The minimum absolute atomic E-state index is 0.322. The highest BCUT2D eigenvalue weighted by Crippen LogP contribution is 2.33. The van der Waals surface area contributed by atoms with Crippen LogP contribution in [0, 0.1) is 0 Å². The third kappa shape index (κ3) is 1.08. The number of rotatable bonds is 0. The Morgan fingerprint density at radius 3 is 3.08 bits per heavy atom. The van der Waals surface area contributed by atoms with E-state index < -0.39 is 30.6 Å². The second-order valence-corrected chi connectivity index (χ2v) is 2.88. The van der Waals surface area contributed by atoms with Crippen LogP contribution in [0.2, 0.25) is 0 Å². The summed E-state index contributed by atoms with van der Waals surface area (Å²) in [6.07, 6.45) is -1.94. The van der Waals surface area contributed by atoms with E-state index in [1.807, 2.05) is 5.32 Å². The van der Waals surface area contributed by atoms with Crippen LogP contribution in [0.1, 0.15) is 6.42 Å². The molecule has 0 aromatic carbocycles. The molecule has 2 atom stereocenters. The van der Waals surface area contributed by atoms with Gasteiger partial charge in [0.15, 0.2) is 6.23 Å². The third-order valence-electron chi connectivity index (χ3n) is 1.96. The molecule has 0 aromatic heterocycles. The summed E-state index contributed by atoms with van der Waals surface area (Å²) in [7, 11) is 0. The van der Waals surface area contributed by atoms with E-state index in [0.29, 0.717) is 4.90 Å². The molecule has 0 aliphatic carbocycles. The Morgan fingerprint density at radius 2 is 2.38 bits per heavy atom. The molecule has 3 amide bonds. The molecule has 2 rings (SSSR count). The maximum Gasteiger partial charge on any atom is 0.330 e. The Bertz CT molecular complexity index is 284. The molecule has 2 heterocycles. The van der Waals surface area contributed by atoms with Crippen LogP contribution in [0.5, 0.6) is 0 Å². The number of hydrogen-bond acceptors (Lipinski definition) is 4. The highest BCUT2D eigenvalue weighted by Gasteiger charge is 2.55. The maximum atomic E-state index is 13.6. The Morgan fingerprint density at radius 1 is 1.69 bits per heavy atom. The van der Waals surface area contributed by atoms with Gasteiger partial charge in [-0.1, -0.05) is 0 Å². The minimum Gasteiger partial charge on any atom is -0.371 e. The fourth-order valence-corrected chi connectivity index (χ4v) is 1.41. The van der Waals surface area contributed by atoms with Crippen molar-refractivity contribution in [1.29, 1.82) is 0 Å². The molecule has 6 nitrogen and oxygen atoms in total. The van der Waals surface area contributed by atoms with Crippen molar-refractivity contribution in [3.8, 4) is 0 Å². The van der Waals surface area contributed by atoms with Gasteiger partial charge in [-0.25, -0.2) is 9.69 Å². The van der Waals surface area contributed by atoms with Crippen molar-refractivity contribution in [2.45, 2.75) is 18.6 Å². The standard InChI is InChI=1S/C6H7FN2O4/c7-6-1-3(10)8-5(12)9(6)4(11)2-13-6/h4,11H,1-2H2,(H,8,10,12)/t4-,6?/m0/s1. The lowest BCUT2D eigenvalue weighted by Gasteiger charge is -2.33. The average molecular weight is 190 g/mol. The minimum atomic E-state index is -2.47. The molecule has 0 spiro atoms. The van der Waals surface area contributed by atoms with Gasteiger partial charge >= 0.3 is 12.0 Å². The maximum absolute atomic E-state index is 13.6. The largest absolute Gasteiger partial charge is 0.371 e. The van der Waals surface area contributed by atoms with Gasteiger partial charge in [0.05, 0.1) is 6.61 Å². The zero-order valence-electron chi connectivity index (χ0n) is 6.49. The number of aliphatic hydroxyl groups is 1. The average Bonchev–Trinajstić information content (AvgIpc) is 2.26. The summed E-state index contributed by atoms with van der Waals surface area (Å²) in [4.78, 5) is 22.3. The summed E-state index contributed by atoms with van der Waals surface area (Å²) in [5.74, 6) is -3.23. The van der Waals surface area contributed by atoms with Gasteiger partial charge in [0.2, 0.25) is 5.91 Å². The van der Waals surface area contributed by atoms with Crippen molar-refractivity contribution in [3.63, 3.8) is 0 Å². The fourth-order valence-electron chi connectivity index (χ4n) is 1.41. The quantitative estimate of drug-likeness (QED) is 0.475. The number of nitrogens with zero attached hydrogens (tertiary/aromatic N) is 1. The van der Waals surface area contributed by atoms with Crippen molar-refractivity contribution in [3.05, 3.63) is 0 Å². The Balaban J connectivity index is 2.31. The molecule has 2 fully saturated rings. The van der Waals surface area contributed by atoms with Gasteiger partial charge < -0.3 is 9.84 Å². The van der Waals surface area contributed by atoms with Crippen LogP contribution in [-0.4, -0.2) is 40.8 Å². The highest BCUT2D eigenvalue weighted by atomic mass is 19.2. The molecule has 1 unspecified atom stereocenters. The molecular weight excluding hydrogens is 183 g/mol. The summed E-state index contributed by atoms with van der Waals surface area (Å²) in [5.41, 5.74) is 0. The van der Waals surface area contributed by atoms with Gasteiger partial charge in [-0.15, -0.1) is 0 Å². The van der Waals surface area contributed by atoms with E-state index in [9.17, 15) is 14.0 Å². The van der Waals surface area contributed by atoms with Gasteiger partial charge in [-0.2, -0.15) is 4.39 Å². The van der Waals surface area contributed by atoms with Crippen LogP contribution >= 0.6 is 0 Å². The van der Waals surface area contributed by atoms with Crippen molar-refractivity contribution < 1.29 is 23.8 Å². The number of ether oxygens (including phenoxy) is 1. The number of carbonyl (C=O) groups excluding carboxylic acids is 2. The molecule has 0 aromatic rings. The number of imide groups is 1. The van der Waals surface area contributed by atoms with Crippen molar-refractivity contribution in [2.75, 3.05) is 6.61 Å². The van der Waals surface area contributed by atoms with Crippen LogP contribution in [0.15, 0.2) is 0 Å². The fraction of sp³-hybridized carbons (Fsp3) is 0.667. The first kappa shape index (κ1) is 8.39. The number of amides is 3. The molecule has 2 aliphatic rings. The Hall–Kier alpha value is -1.21. The summed E-state index contributed by atoms with van der Waals surface area (Å²) in [5, 5.41) is 11.0. The molecule has 0 radical (unpaired) electrons. The van der Waals surface area contributed by atoms with Crippen LogP contribution in [0.4, 0.5) is 9.18 Å². The molecule has 2 N–H and O–H groups in total. The number of nitrogens with one attached hydrogen (secondary N) is 1. The predicted molar refractivity (Wildman–Crippen MR) is 35.8 cm³/mol. The van der Waals surface area contributed by atoms with Gasteiger partial charge in [0, 0.05) is 0 Å². The van der Waals surface area contributed by atoms with E-state index in [-0.39, 0.29) is 6.61 Å². The first-order valence-corrected chi connectivity index (χ1v) is 3.67. The summed E-state index contributed by atoms with van der Waals surface area (Å²) in [6.45, 7) is -0.322. The van der Waals surface area contributed by atoms with Crippen LogP contribution in [0.3, 0.4) is 0 Å². The molecule has 0 saturated carbocycles.